The van der Waals surface area contributed by atoms with Gasteiger partial charge in [0.2, 0.25) is 5.91 Å². The van der Waals surface area contributed by atoms with Crippen LogP contribution in [0.15, 0.2) is 72.9 Å². The van der Waals surface area contributed by atoms with Crippen molar-refractivity contribution in [1.82, 2.24) is 14.4 Å². The third-order valence-corrected chi connectivity index (χ3v) is 5.59. The fourth-order valence-electron chi connectivity index (χ4n) is 4.12. The van der Waals surface area contributed by atoms with Gasteiger partial charge >= 0.3 is 0 Å². The van der Waals surface area contributed by atoms with Gasteiger partial charge in [0.25, 0.3) is 0 Å². The van der Waals surface area contributed by atoms with Crippen molar-refractivity contribution >= 4 is 5.91 Å². The summed E-state index contributed by atoms with van der Waals surface area (Å²) in [5.74, 6) is -0.204. The van der Waals surface area contributed by atoms with Crippen molar-refractivity contribution in [2.24, 2.45) is 0 Å². The molecule has 2 heterocycles. The summed E-state index contributed by atoms with van der Waals surface area (Å²) >= 11 is 0. The van der Waals surface area contributed by atoms with Gasteiger partial charge in [0, 0.05) is 38.1 Å². The highest BCUT2D eigenvalue weighted by Crippen LogP contribution is 2.32. The van der Waals surface area contributed by atoms with Crippen LogP contribution < -0.4 is 0 Å². The first-order valence-electron chi connectivity index (χ1n) is 10.1. The molecule has 0 fully saturated rings. The Morgan fingerprint density at radius 1 is 1.07 bits per heavy atom. The van der Waals surface area contributed by atoms with E-state index in [9.17, 15) is 9.18 Å². The van der Waals surface area contributed by atoms with Crippen LogP contribution >= 0.6 is 0 Å². The first kappa shape index (κ1) is 19.4. The Balaban J connectivity index is 1.54. The van der Waals surface area contributed by atoms with Crippen molar-refractivity contribution in [3.8, 4) is 0 Å². The normalized spacial score (nSPS) is 16.4. The van der Waals surface area contributed by atoms with Crippen molar-refractivity contribution < 1.29 is 9.18 Å². The summed E-state index contributed by atoms with van der Waals surface area (Å²) in [6.45, 7) is 5.00. The zero-order valence-corrected chi connectivity index (χ0v) is 16.7. The molecule has 0 radical (unpaired) electrons. The second-order valence-corrected chi connectivity index (χ2v) is 7.45. The molecule has 0 N–H and O–H groups in total. The molecule has 3 aromatic rings. The number of fused-ring (bicyclic) bond motifs is 1. The number of likely N-dealkylation sites (N-methyl/N-ethyl adjacent to an activating group) is 1. The van der Waals surface area contributed by atoms with Gasteiger partial charge in [-0.25, -0.2) is 4.39 Å². The summed E-state index contributed by atoms with van der Waals surface area (Å²) in [4.78, 5) is 17.2. The molecular weight excluding hydrogens is 365 g/mol. The molecule has 0 saturated heterocycles. The minimum Gasteiger partial charge on any atom is -0.348 e. The summed E-state index contributed by atoms with van der Waals surface area (Å²) in [5, 5.41) is 0. The average molecular weight is 391 g/mol. The third-order valence-electron chi connectivity index (χ3n) is 5.59. The van der Waals surface area contributed by atoms with Gasteiger partial charge in [0.15, 0.2) is 0 Å². The molecule has 29 heavy (non-hydrogen) atoms. The molecule has 1 aromatic heterocycles. The SMILES string of the molecule is CCN(Cc1cccc(F)c1)C(=O)CN1CCn2cccc2C1c1ccccc1. The summed E-state index contributed by atoms with van der Waals surface area (Å²) in [6, 6.07) is 21.1. The van der Waals surface area contributed by atoms with Gasteiger partial charge in [-0.1, -0.05) is 42.5 Å². The predicted octanol–water partition coefficient (Wildman–Crippen LogP) is 4.08. The van der Waals surface area contributed by atoms with Crippen molar-refractivity contribution in [2.75, 3.05) is 19.6 Å². The van der Waals surface area contributed by atoms with E-state index in [0.717, 1.165) is 18.7 Å². The molecule has 5 heteroatoms. The summed E-state index contributed by atoms with van der Waals surface area (Å²) in [7, 11) is 0. The monoisotopic (exact) mass is 391 g/mol. The lowest BCUT2D eigenvalue weighted by molar-refractivity contribution is -0.133. The van der Waals surface area contributed by atoms with Gasteiger partial charge < -0.3 is 9.47 Å². The van der Waals surface area contributed by atoms with Crippen LogP contribution in [0.5, 0.6) is 0 Å². The zero-order chi connectivity index (χ0) is 20.2. The number of carbonyl (C=O) groups is 1. The minimum absolute atomic E-state index is 0.0526. The molecule has 1 aliphatic heterocycles. The topological polar surface area (TPSA) is 28.5 Å². The van der Waals surface area contributed by atoms with Crippen LogP contribution in [-0.2, 0) is 17.9 Å². The van der Waals surface area contributed by atoms with E-state index in [4.69, 9.17) is 0 Å². The second kappa shape index (κ2) is 8.62. The number of amides is 1. The fraction of sp³-hybridized carbons (Fsp3) is 0.292. The van der Waals surface area contributed by atoms with Crippen LogP contribution in [0.2, 0.25) is 0 Å². The van der Waals surface area contributed by atoms with E-state index in [2.05, 4.69) is 39.9 Å². The van der Waals surface area contributed by atoms with E-state index in [1.165, 1.54) is 23.4 Å². The van der Waals surface area contributed by atoms with Gasteiger partial charge in [-0.15, -0.1) is 0 Å². The first-order chi connectivity index (χ1) is 14.2. The molecule has 4 rings (SSSR count). The molecule has 0 bridgehead atoms. The second-order valence-electron chi connectivity index (χ2n) is 7.45. The van der Waals surface area contributed by atoms with E-state index in [0.29, 0.717) is 19.6 Å². The fourth-order valence-corrected chi connectivity index (χ4v) is 4.12. The lowest BCUT2D eigenvalue weighted by Crippen LogP contribution is -2.45. The van der Waals surface area contributed by atoms with Gasteiger partial charge in [-0.3, -0.25) is 9.69 Å². The van der Waals surface area contributed by atoms with Gasteiger partial charge in [-0.05, 0) is 42.3 Å². The Morgan fingerprint density at radius 2 is 1.90 bits per heavy atom. The summed E-state index contributed by atoms with van der Waals surface area (Å²) in [6.07, 6.45) is 2.10. The standard InChI is InChI=1S/C24H26FN3O/c1-2-26(17-19-8-6-11-21(25)16-19)23(29)18-28-15-14-27-13-7-12-22(27)24(28)20-9-4-3-5-10-20/h3-13,16,24H,2,14-15,17-18H2,1H3. The van der Waals surface area contributed by atoms with Gasteiger partial charge in [0.1, 0.15) is 5.82 Å². The van der Waals surface area contributed by atoms with E-state index < -0.39 is 0 Å². The number of hydrogen-bond donors (Lipinski definition) is 0. The lowest BCUT2D eigenvalue weighted by atomic mass is 10.00. The third kappa shape index (κ3) is 4.25. The molecule has 1 amide bonds. The molecule has 1 aliphatic rings. The molecule has 0 spiro atoms. The maximum atomic E-state index is 13.5. The van der Waals surface area contributed by atoms with E-state index in [1.54, 1.807) is 11.0 Å². The molecule has 0 saturated carbocycles. The molecular formula is C24H26FN3O. The minimum atomic E-state index is -0.271. The number of benzene rings is 2. The number of halogens is 1. The highest BCUT2D eigenvalue weighted by atomic mass is 19.1. The largest absolute Gasteiger partial charge is 0.348 e. The van der Waals surface area contributed by atoms with Crippen molar-refractivity contribution in [2.45, 2.75) is 26.1 Å². The van der Waals surface area contributed by atoms with Crippen LogP contribution in [0.25, 0.3) is 0 Å². The lowest BCUT2D eigenvalue weighted by Gasteiger charge is -2.38. The van der Waals surface area contributed by atoms with Crippen LogP contribution in [0.3, 0.4) is 0 Å². The molecule has 2 aromatic carbocycles. The number of aromatic nitrogens is 1. The smallest absolute Gasteiger partial charge is 0.237 e. The van der Waals surface area contributed by atoms with Crippen molar-refractivity contribution in [1.29, 1.82) is 0 Å². The Morgan fingerprint density at radius 3 is 2.66 bits per heavy atom. The molecule has 1 unspecified atom stereocenters. The quantitative estimate of drug-likeness (QED) is 0.633. The summed E-state index contributed by atoms with van der Waals surface area (Å²) in [5.41, 5.74) is 3.21. The average Bonchev–Trinajstić information content (AvgIpc) is 3.21. The van der Waals surface area contributed by atoms with Crippen molar-refractivity contribution in [3.63, 3.8) is 0 Å². The van der Waals surface area contributed by atoms with Crippen LogP contribution in [0.4, 0.5) is 4.39 Å². The van der Waals surface area contributed by atoms with E-state index >= 15 is 0 Å². The number of hydrogen-bond acceptors (Lipinski definition) is 2. The van der Waals surface area contributed by atoms with Crippen LogP contribution in [0.1, 0.15) is 29.8 Å². The molecule has 1 atom stereocenters. The van der Waals surface area contributed by atoms with Crippen molar-refractivity contribution in [3.05, 3.63) is 95.6 Å². The number of carbonyl (C=O) groups excluding carboxylic acids is 1. The number of rotatable bonds is 6. The maximum absolute atomic E-state index is 13.5. The first-order valence-corrected chi connectivity index (χ1v) is 10.1. The highest BCUT2D eigenvalue weighted by Gasteiger charge is 2.30. The molecule has 4 nitrogen and oxygen atoms in total. The predicted molar refractivity (Wildman–Crippen MR) is 112 cm³/mol. The molecule has 150 valence electrons. The Hall–Kier alpha value is -2.92. The number of nitrogens with zero attached hydrogens (tertiary/aromatic N) is 3. The Labute approximate surface area is 171 Å². The van der Waals surface area contributed by atoms with Gasteiger partial charge in [-0.2, -0.15) is 0 Å². The van der Waals surface area contributed by atoms with Crippen LogP contribution in [0, 0.1) is 5.82 Å². The Bertz CT molecular complexity index is 969. The maximum Gasteiger partial charge on any atom is 0.237 e. The van der Waals surface area contributed by atoms with Gasteiger partial charge in [0.05, 0.1) is 12.6 Å². The molecule has 0 aliphatic carbocycles. The zero-order valence-electron chi connectivity index (χ0n) is 16.7. The summed E-state index contributed by atoms with van der Waals surface area (Å²) < 4.78 is 15.8. The van der Waals surface area contributed by atoms with E-state index in [1.807, 2.05) is 31.2 Å². The van der Waals surface area contributed by atoms with E-state index in [-0.39, 0.29) is 17.8 Å². The highest BCUT2D eigenvalue weighted by molar-refractivity contribution is 5.78. The van der Waals surface area contributed by atoms with Crippen LogP contribution in [-0.4, -0.2) is 39.9 Å². The Kier molecular flexibility index (Phi) is 5.76.